The van der Waals surface area contributed by atoms with Crippen molar-refractivity contribution in [3.8, 4) is 0 Å². The van der Waals surface area contributed by atoms with Crippen LogP contribution in [0.4, 0.5) is 8.78 Å². The highest BCUT2D eigenvalue weighted by Crippen LogP contribution is 2.37. The van der Waals surface area contributed by atoms with Gasteiger partial charge in [-0.1, -0.05) is 19.1 Å². The van der Waals surface area contributed by atoms with E-state index in [4.69, 9.17) is 4.74 Å². The maximum Gasteiger partial charge on any atom is 0.331 e. The molecule has 20 heavy (non-hydrogen) atoms. The summed E-state index contributed by atoms with van der Waals surface area (Å²) in [5.74, 6) is -1.79. The average Bonchev–Trinajstić information content (AvgIpc) is 2.91. The highest BCUT2D eigenvalue weighted by atomic mass is 19.3. The van der Waals surface area contributed by atoms with E-state index < -0.39 is 29.8 Å². The summed E-state index contributed by atoms with van der Waals surface area (Å²) in [4.78, 5) is 22.4. The van der Waals surface area contributed by atoms with Crippen LogP contribution in [-0.4, -0.2) is 39.9 Å². The lowest BCUT2D eigenvalue weighted by atomic mass is 9.88. The first-order valence-electron chi connectivity index (χ1n) is 5.94. The normalized spacial score (nSPS) is 21.1. The van der Waals surface area contributed by atoms with Crippen molar-refractivity contribution in [2.45, 2.75) is 32.9 Å². The van der Waals surface area contributed by atoms with Crippen molar-refractivity contribution in [3.05, 3.63) is 11.9 Å². The van der Waals surface area contributed by atoms with Gasteiger partial charge in [0, 0.05) is 5.41 Å². The van der Waals surface area contributed by atoms with Crippen molar-refractivity contribution in [1.82, 2.24) is 20.3 Å². The van der Waals surface area contributed by atoms with E-state index >= 15 is 0 Å². The Morgan fingerprint density at radius 2 is 2.35 bits per heavy atom. The highest BCUT2D eigenvalue weighted by Gasteiger charge is 2.45. The number of amides is 1. The van der Waals surface area contributed by atoms with Gasteiger partial charge in [-0.2, -0.15) is 8.78 Å². The summed E-state index contributed by atoms with van der Waals surface area (Å²) in [6.07, 6.45) is -1.64. The molecule has 1 amide bonds. The second-order valence-corrected chi connectivity index (χ2v) is 5.21. The minimum absolute atomic E-state index is 0.175. The Kier molecular flexibility index (Phi) is 3.69. The number of nitrogens with zero attached hydrogens (tertiary/aromatic N) is 3. The third-order valence-electron chi connectivity index (χ3n) is 3.01. The van der Waals surface area contributed by atoms with Gasteiger partial charge in [0.15, 0.2) is 6.04 Å². The molecule has 1 aromatic heterocycles. The zero-order valence-corrected chi connectivity index (χ0v) is 11.0. The van der Waals surface area contributed by atoms with Crippen molar-refractivity contribution in [3.63, 3.8) is 0 Å². The third kappa shape index (κ3) is 2.75. The smallest absolute Gasteiger partial charge is 0.331 e. The standard InChI is InChI=1S/C11H14F2N4O3/c1-11(2)5-20-10(19)7(11)17-4-6(15-16-17)3-14-9(18)8(12)13/h4,7-8H,3,5H2,1-2H3,(H,14,18). The lowest BCUT2D eigenvalue weighted by Crippen LogP contribution is -2.29. The van der Waals surface area contributed by atoms with Crippen molar-refractivity contribution in [1.29, 1.82) is 0 Å². The van der Waals surface area contributed by atoms with E-state index in [1.807, 2.05) is 19.2 Å². The van der Waals surface area contributed by atoms with Crippen LogP contribution in [0, 0.1) is 5.41 Å². The Balaban J connectivity index is 2.06. The zero-order chi connectivity index (χ0) is 14.9. The van der Waals surface area contributed by atoms with Crippen LogP contribution in [0.5, 0.6) is 0 Å². The third-order valence-corrected chi connectivity index (χ3v) is 3.01. The van der Waals surface area contributed by atoms with E-state index in [0.29, 0.717) is 0 Å². The predicted molar refractivity (Wildman–Crippen MR) is 61.6 cm³/mol. The van der Waals surface area contributed by atoms with Crippen LogP contribution in [0.1, 0.15) is 25.6 Å². The largest absolute Gasteiger partial charge is 0.463 e. The summed E-state index contributed by atoms with van der Waals surface area (Å²) >= 11 is 0. The molecule has 1 saturated heterocycles. The number of carbonyl (C=O) groups is 2. The molecule has 0 radical (unpaired) electrons. The molecule has 1 aliphatic heterocycles. The van der Waals surface area contributed by atoms with Crippen LogP contribution < -0.4 is 5.32 Å². The summed E-state index contributed by atoms with van der Waals surface area (Å²) < 4.78 is 30.4. The first kappa shape index (κ1) is 14.4. The SMILES string of the molecule is CC1(C)COC(=O)C1n1cc(CNC(=O)C(F)F)nn1. The number of rotatable bonds is 4. The molecule has 0 saturated carbocycles. The predicted octanol–water partition coefficient (Wildman–Crippen LogP) is 0.283. The van der Waals surface area contributed by atoms with Gasteiger partial charge >= 0.3 is 12.4 Å². The fraction of sp³-hybridized carbons (Fsp3) is 0.636. The first-order chi connectivity index (χ1) is 9.31. The quantitative estimate of drug-likeness (QED) is 0.804. The molecule has 0 bridgehead atoms. The van der Waals surface area contributed by atoms with Gasteiger partial charge in [-0.15, -0.1) is 5.10 Å². The topological polar surface area (TPSA) is 86.1 Å². The number of carbonyl (C=O) groups excluding carboxylic acids is 2. The van der Waals surface area contributed by atoms with E-state index in [9.17, 15) is 18.4 Å². The van der Waals surface area contributed by atoms with E-state index in [1.165, 1.54) is 10.9 Å². The molecule has 1 aromatic rings. The Morgan fingerprint density at radius 1 is 1.65 bits per heavy atom. The molecule has 2 heterocycles. The Labute approximate surface area is 113 Å². The Morgan fingerprint density at radius 3 is 2.90 bits per heavy atom. The fourth-order valence-corrected chi connectivity index (χ4v) is 1.98. The maximum absolute atomic E-state index is 12.0. The molecular formula is C11H14F2N4O3. The van der Waals surface area contributed by atoms with Gasteiger partial charge in [0.05, 0.1) is 19.3 Å². The minimum Gasteiger partial charge on any atom is -0.463 e. The van der Waals surface area contributed by atoms with Gasteiger partial charge in [-0.3, -0.25) is 4.79 Å². The maximum atomic E-state index is 12.0. The lowest BCUT2D eigenvalue weighted by Gasteiger charge is -2.20. The number of alkyl halides is 2. The summed E-state index contributed by atoms with van der Waals surface area (Å²) in [6.45, 7) is 3.80. The van der Waals surface area contributed by atoms with E-state index in [2.05, 4.69) is 10.3 Å². The van der Waals surface area contributed by atoms with Crippen LogP contribution in [0.2, 0.25) is 0 Å². The molecule has 1 atom stereocenters. The number of nitrogens with one attached hydrogen (secondary N) is 1. The second-order valence-electron chi connectivity index (χ2n) is 5.21. The number of aromatic nitrogens is 3. The van der Waals surface area contributed by atoms with Crippen molar-refractivity contribution in [2.24, 2.45) is 5.41 Å². The zero-order valence-electron chi connectivity index (χ0n) is 11.0. The fourth-order valence-electron chi connectivity index (χ4n) is 1.98. The van der Waals surface area contributed by atoms with Crippen LogP contribution >= 0.6 is 0 Å². The number of hydrogen-bond acceptors (Lipinski definition) is 5. The minimum atomic E-state index is -3.08. The molecule has 9 heteroatoms. The van der Waals surface area contributed by atoms with Gasteiger partial charge in [-0.05, 0) is 0 Å². The van der Waals surface area contributed by atoms with Crippen molar-refractivity contribution >= 4 is 11.9 Å². The molecule has 0 aliphatic carbocycles. The molecule has 1 aliphatic rings. The van der Waals surface area contributed by atoms with Crippen LogP contribution in [0.15, 0.2) is 6.20 Å². The van der Waals surface area contributed by atoms with Gasteiger partial charge in [0.25, 0.3) is 5.91 Å². The monoisotopic (exact) mass is 288 g/mol. The molecule has 110 valence electrons. The number of cyclic esters (lactones) is 1. The van der Waals surface area contributed by atoms with Crippen LogP contribution in [-0.2, 0) is 20.9 Å². The van der Waals surface area contributed by atoms with E-state index in [0.717, 1.165) is 0 Å². The van der Waals surface area contributed by atoms with Crippen molar-refractivity contribution in [2.75, 3.05) is 6.61 Å². The van der Waals surface area contributed by atoms with Crippen molar-refractivity contribution < 1.29 is 23.1 Å². The van der Waals surface area contributed by atoms with Gasteiger partial charge in [0.1, 0.15) is 5.69 Å². The average molecular weight is 288 g/mol. The van der Waals surface area contributed by atoms with Gasteiger partial charge in [-0.25, -0.2) is 9.48 Å². The summed E-state index contributed by atoms with van der Waals surface area (Å²) in [5.41, 5.74) is -0.150. The Bertz CT molecular complexity index is 529. The number of hydrogen-bond donors (Lipinski definition) is 1. The Hall–Kier alpha value is -2.06. The number of ether oxygens (including phenoxy) is 1. The lowest BCUT2D eigenvalue weighted by molar-refractivity contribution is -0.141. The first-order valence-corrected chi connectivity index (χ1v) is 5.94. The van der Waals surface area contributed by atoms with Crippen LogP contribution in [0.25, 0.3) is 0 Å². The molecule has 2 rings (SSSR count). The van der Waals surface area contributed by atoms with Gasteiger partial charge < -0.3 is 10.1 Å². The van der Waals surface area contributed by atoms with Crippen LogP contribution in [0.3, 0.4) is 0 Å². The summed E-state index contributed by atoms with van der Waals surface area (Å²) in [7, 11) is 0. The molecular weight excluding hydrogens is 274 g/mol. The van der Waals surface area contributed by atoms with E-state index in [-0.39, 0.29) is 18.8 Å². The molecule has 0 spiro atoms. The number of esters is 1. The number of halogens is 2. The molecule has 0 aromatic carbocycles. The molecule has 7 nitrogen and oxygen atoms in total. The molecule has 1 fully saturated rings. The van der Waals surface area contributed by atoms with E-state index in [1.54, 1.807) is 0 Å². The summed E-state index contributed by atoms with van der Waals surface area (Å²) in [5, 5.41) is 9.54. The second kappa shape index (κ2) is 5.14. The van der Waals surface area contributed by atoms with Gasteiger partial charge in [0.2, 0.25) is 0 Å². The highest BCUT2D eigenvalue weighted by molar-refractivity contribution is 5.79. The molecule has 1 N–H and O–H groups in total. The summed E-state index contributed by atoms with van der Waals surface area (Å²) in [6, 6.07) is -0.616. The molecule has 1 unspecified atom stereocenters.